The summed E-state index contributed by atoms with van der Waals surface area (Å²) in [6.45, 7) is 1.69. The van der Waals surface area contributed by atoms with E-state index in [4.69, 9.17) is 5.73 Å². The second-order valence-corrected chi connectivity index (χ2v) is 7.03. The smallest absolute Gasteiger partial charge is 0.273 e. The highest BCUT2D eigenvalue weighted by Gasteiger charge is 2.28. The molecule has 3 N–H and O–H groups in total. The van der Waals surface area contributed by atoms with Crippen molar-refractivity contribution in [3.05, 3.63) is 46.4 Å². The van der Waals surface area contributed by atoms with Crippen LogP contribution in [0.2, 0.25) is 0 Å². The molecule has 0 aliphatic carbocycles. The summed E-state index contributed by atoms with van der Waals surface area (Å²) in [6, 6.07) is 9.44. The Hall–Kier alpha value is -2.25. The highest BCUT2D eigenvalue weighted by molar-refractivity contribution is 7.09. The van der Waals surface area contributed by atoms with E-state index in [1.54, 1.807) is 10.3 Å². The number of carbonyl (C=O) groups excluding carboxylic acids is 2. The molecule has 1 fully saturated rings. The van der Waals surface area contributed by atoms with Gasteiger partial charge in [0.1, 0.15) is 5.69 Å². The van der Waals surface area contributed by atoms with Gasteiger partial charge in [-0.1, -0.05) is 18.2 Å². The zero-order valence-electron chi connectivity index (χ0n) is 14.0. The van der Waals surface area contributed by atoms with Gasteiger partial charge in [0.2, 0.25) is 5.91 Å². The second kappa shape index (κ2) is 8.22. The molecule has 1 saturated heterocycles. The van der Waals surface area contributed by atoms with Crippen molar-refractivity contribution in [2.24, 2.45) is 11.7 Å². The van der Waals surface area contributed by atoms with Crippen molar-refractivity contribution in [1.29, 1.82) is 0 Å². The van der Waals surface area contributed by atoms with E-state index in [0.717, 1.165) is 10.7 Å². The van der Waals surface area contributed by atoms with Crippen LogP contribution in [0.3, 0.4) is 0 Å². The molecule has 0 saturated carbocycles. The number of anilines is 1. The molecular weight excluding hydrogens is 336 g/mol. The number of hydrogen-bond acceptors (Lipinski definition) is 5. The van der Waals surface area contributed by atoms with Gasteiger partial charge in [0.15, 0.2) is 0 Å². The lowest BCUT2D eigenvalue weighted by Crippen LogP contribution is -2.41. The second-order valence-electron chi connectivity index (χ2n) is 6.09. The topological polar surface area (TPSA) is 88.3 Å². The number of thiazole rings is 1. The van der Waals surface area contributed by atoms with Crippen LogP contribution in [0.25, 0.3) is 0 Å². The molecule has 0 atom stereocenters. The number of likely N-dealkylation sites (tertiary alicyclic amines) is 1. The Labute approximate surface area is 151 Å². The summed E-state index contributed by atoms with van der Waals surface area (Å²) in [4.78, 5) is 31.0. The number of nitrogens with two attached hydrogens (primary N) is 1. The van der Waals surface area contributed by atoms with E-state index < -0.39 is 0 Å². The molecule has 2 amide bonds. The summed E-state index contributed by atoms with van der Waals surface area (Å²) in [7, 11) is 0. The first kappa shape index (κ1) is 17.6. The number of amides is 2. The lowest BCUT2D eigenvalue weighted by atomic mass is 9.95. The van der Waals surface area contributed by atoms with E-state index in [0.29, 0.717) is 44.6 Å². The maximum atomic E-state index is 12.5. The lowest BCUT2D eigenvalue weighted by molar-refractivity contribution is -0.121. The van der Waals surface area contributed by atoms with Crippen molar-refractivity contribution in [3.8, 4) is 0 Å². The number of rotatable bonds is 5. The lowest BCUT2D eigenvalue weighted by Gasteiger charge is -2.30. The first-order valence-electron chi connectivity index (χ1n) is 8.47. The monoisotopic (exact) mass is 358 g/mol. The van der Waals surface area contributed by atoms with Crippen molar-refractivity contribution >= 4 is 28.8 Å². The summed E-state index contributed by atoms with van der Waals surface area (Å²) in [6.07, 6.45) is 2.04. The van der Waals surface area contributed by atoms with Gasteiger partial charge in [-0.3, -0.25) is 9.59 Å². The Morgan fingerprint density at radius 3 is 2.64 bits per heavy atom. The van der Waals surface area contributed by atoms with E-state index in [2.05, 4.69) is 10.3 Å². The molecular formula is C18H22N4O2S. The van der Waals surface area contributed by atoms with Crippen molar-refractivity contribution in [3.63, 3.8) is 0 Å². The summed E-state index contributed by atoms with van der Waals surface area (Å²) >= 11 is 1.47. The molecule has 0 unspecified atom stereocenters. The predicted octanol–water partition coefficient (Wildman–Crippen LogP) is 2.14. The van der Waals surface area contributed by atoms with Crippen LogP contribution in [0.5, 0.6) is 0 Å². The number of hydrogen-bond donors (Lipinski definition) is 2. The standard InChI is InChI=1S/C18H22N4O2S/c19-9-6-16-21-15(12-25-16)18(24)22-10-7-13(8-11-22)17(23)20-14-4-2-1-3-5-14/h1-5,12-13H,6-11,19H2,(H,20,23). The van der Waals surface area contributed by atoms with Crippen molar-refractivity contribution in [1.82, 2.24) is 9.88 Å². The Morgan fingerprint density at radius 2 is 1.96 bits per heavy atom. The highest BCUT2D eigenvalue weighted by atomic mass is 32.1. The van der Waals surface area contributed by atoms with Gasteiger partial charge < -0.3 is 16.0 Å². The zero-order chi connectivity index (χ0) is 17.6. The molecule has 1 aliphatic rings. The third-order valence-electron chi connectivity index (χ3n) is 4.32. The molecule has 2 heterocycles. The molecule has 7 heteroatoms. The molecule has 3 rings (SSSR count). The fourth-order valence-corrected chi connectivity index (χ4v) is 3.71. The highest BCUT2D eigenvalue weighted by Crippen LogP contribution is 2.21. The van der Waals surface area contributed by atoms with Crippen LogP contribution in [-0.4, -0.2) is 41.3 Å². The van der Waals surface area contributed by atoms with Crippen LogP contribution in [0.15, 0.2) is 35.7 Å². The van der Waals surface area contributed by atoms with Crippen molar-refractivity contribution in [2.75, 3.05) is 25.0 Å². The fraction of sp³-hybridized carbons (Fsp3) is 0.389. The van der Waals surface area contributed by atoms with Gasteiger partial charge in [-0.2, -0.15) is 0 Å². The molecule has 1 aliphatic heterocycles. The number of piperidine rings is 1. The normalized spacial score (nSPS) is 15.2. The van der Waals surface area contributed by atoms with Crippen LogP contribution >= 0.6 is 11.3 Å². The van der Waals surface area contributed by atoms with Crippen LogP contribution in [0, 0.1) is 5.92 Å². The minimum Gasteiger partial charge on any atom is -0.337 e. The number of nitrogens with one attached hydrogen (secondary N) is 1. The van der Waals surface area contributed by atoms with Crippen LogP contribution in [0.4, 0.5) is 5.69 Å². The molecule has 1 aromatic heterocycles. The molecule has 0 radical (unpaired) electrons. The Bertz CT molecular complexity index is 724. The largest absolute Gasteiger partial charge is 0.337 e. The molecule has 2 aromatic rings. The summed E-state index contributed by atoms with van der Waals surface area (Å²) in [5.41, 5.74) is 6.81. The summed E-state index contributed by atoms with van der Waals surface area (Å²) in [5.74, 6) is -0.0916. The maximum absolute atomic E-state index is 12.5. The molecule has 1 aromatic carbocycles. The van der Waals surface area contributed by atoms with Gasteiger partial charge in [-0.15, -0.1) is 11.3 Å². The van der Waals surface area contributed by atoms with Crippen molar-refractivity contribution in [2.45, 2.75) is 19.3 Å². The number of nitrogens with zero attached hydrogens (tertiary/aromatic N) is 2. The van der Waals surface area contributed by atoms with Gasteiger partial charge in [-0.25, -0.2) is 4.98 Å². The SMILES string of the molecule is NCCc1nc(C(=O)N2CCC(C(=O)Nc3ccccc3)CC2)cs1. The van der Waals surface area contributed by atoms with E-state index >= 15 is 0 Å². The number of aromatic nitrogens is 1. The van der Waals surface area contributed by atoms with Gasteiger partial charge in [-0.05, 0) is 31.5 Å². The number of para-hydroxylation sites is 1. The van der Waals surface area contributed by atoms with E-state index in [1.807, 2.05) is 30.3 Å². The minimum atomic E-state index is -0.0625. The van der Waals surface area contributed by atoms with Gasteiger partial charge >= 0.3 is 0 Å². The molecule has 0 spiro atoms. The minimum absolute atomic E-state index is 0.0252. The first-order valence-corrected chi connectivity index (χ1v) is 9.35. The Balaban J connectivity index is 1.52. The number of carbonyl (C=O) groups is 2. The molecule has 132 valence electrons. The van der Waals surface area contributed by atoms with Gasteiger partial charge in [0.05, 0.1) is 5.01 Å². The quantitative estimate of drug-likeness (QED) is 0.857. The molecule has 0 bridgehead atoms. The fourth-order valence-electron chi connectivity index (χ4n) is 2.92. The average Bonchev–Trinajstić information content (AvgIpc) is 3.11. The van der Waals surface area contributed by atoms with E-state index in [1.165, 1.54) is 11.3 Å². The predicted molar refractivity (Wildman–Crippen MR) is 98.6 cm³/mol. The summed E-state index contributed by atoms with van der Waals surface area (Å²) in [5, 5.41) is 5.62. The van der Waals surface area contributed by atoms with Crippen molar-refractivity contribution < 1.29 is 9.59 Å². The van der Waals surface area contributed by atoms with E-state index in [9.17, 15) is 9.59 Å². The third kappa shape index (κ3) is 4.43. The van der Waals surface area contributed by atoms with Crippen LogP contribution < -0.4 is 11.1 Å². The third-order valence-corrected chi connectivity index (χ3v) is 5.23. The van der Waals surface area contributed by atoms with Crippen LogP contribution in [0.1, 0.15) is 28.3 Å². The summed E-state index contributed by atoms with van der Waals surface area (Å²) < 4.78 is 0. The molecule has 25 heavy (non-hydrogen) atoms. The van der Waals surface area contributed by atoms with Gasteiger partial charge in [0, 0.05) is 36.5 Å². The Kier molecular flexibility index (Phi) is 5.78. The number of benzene rings is 1. The first-order chi connectivity index (χ1) is 12.2. The van der Waals surface area contributed by atoms with Gasteiger partial charge in [0.25, 0.3) is 5.91 Å². The molecule has 6 nitrogen and oxygen atoms in total. The van der Waals surface area contributed by atoms with E-state index in [-0.39, 0.29) is 17.7 Å². The maximum Gasteiger partial charge on any atom is 0.273 e. The van der Waals surface area contributed by atoms with Crippen LogP contribution in [-0.2, 0) is 11.2 Å². The average molecular weight is 358 g/mol. The Morgan fingerprint density at radius 1 is 1.24 bits per heavy atom. The zero-order valence-corrected chi connectivity index (χ0v) is 14.8.